The first-order valence-corrected chi connectivity index (χ1v) is 15.8. The van der Waals surface area contributed by atoms with Crippen LogP contribution in [0.4, 0.5) is 0 Å². The van der Waals surface area contributed by atoms with Crippen LogP contribution in [-0.4, -0.2) is 56.5 Å². The number of rotatable bonds is 10. The molecule has 3 unspecified atom stereocenters. The van der Waals surface area contributed by atoms with Gasteiger partial charge in [0.2, 0.25) is 0 Å². The normalized spacial score (nSPS) is 25.8. The third-order valence-corrected chi connectivity index (χ3v) is 9.90. The summed E-state index contributed by atoms with van der Waals surface area (Å²) in [6.45, 7) is 0. The van der Waals surface area contributed by atoms with Crippen LogP contribution in [0, 0.1) is 5.41 Å². The van der Waals surface area contributed by atoms with Gasteiger partial charge >= 0.3 is 23.9 Å². The second-order valence-corrected chi connectivity index (χ2v) is 12.4. The van der Waals surface area contributed by atoms with Crippen LogP contribution >= 0.6 is 37.9 Å². The summed E-state index contributed by atoms with van der Waals surface area (Å²) < 4.78 is 17.7. The average molecular weight is 655 g/mol. The van der Waals surface area contributed by atoms with E-state index in [9.17, 15) is 29.7 Å². The number of thiol groups is 3. The van der Waals surface area contributed by atoms with Crippen molar-refractivity contribution in [3.63, 3.8) is 0 Å². The van der Waals surface area contributed by atoms with Gasteiger partial charge in [0.25, 0.3) is 0 Å². The topological polar surface area (TPSA) is 140 Å². The summed E-state index contributed by atoms with van der Waals surface area (Å²) >= 11 is 12.2. The molecular weight excluding hydrogens is 625 g/mol. The van der Waals surface area contributed by atoms with Crippen LogP contribution in [0.5, 0.6) is 0 Å². The van der Waals surface area contributed by atoms with E-state index in [1.165, 1.54) is 0 Å². The van der Waals surface area contributed by atoms with E-state index in [0.29, 0.717) is 16.7 Å². The van der Waals surface area contributed by atoms with Gasteiger partial charge in [0, 0.05) is 19.3 Å². The molecule has 0 fully saturated rings. The summed E-state index contributed by atoms with van der Waals surface area (Å²) in [5.41, 5.74) is -7.74. The standard InChI is InChI=1S/C32H30O9S3/c33-25(16-42)39-32(40-26(34)17-43,41-27(35)18-44)31(28(36)13-19-1-7-22(28)8-2-19,29(37)14-20-3-9-23(29)10-4-20)30(38)15-21-5-11-24(30)12-6-21/h1-12,36-38,42-44H,13-18H2. The predicted molar refractivity (Wildman–Crippen MR) is 167 cm³/mol. The summed E-state index contributed by atoms with van der Waals surface area (Å²) in [6.07, 6.45) is -0.741. The second-order valence-electron chi connectivity index (χ2n) is 11.4. The largest absolute Gasteiger partial charge is 0.439 e. The maximum absolute atomic E-state index is 13.4. The molecule has 6 aliphatic rings. The van der Waals surface area contributed by atoms with Crippen LogP contribution in [0.25, 0.3) is 0 Å². The Morgan fingerprint density at radius 1 is 0.545 bits per heavy atom. The zero-order valence-corrected chi connectivity index (χ0v) is 26.0. The van der Waals surface area contributed by atoms with Gasteiger partial charge in [0.15, 0.2) is 5.41 Å². The van der Waals surface area contributed by atoms with Gasteiger partial charge in [0.05, 0.1) is 17.3 Å². The fourth-order valence-corrected chi connectivity index (χ4v) is 7.75. The number of hydrogen-bond donors (Lipinski definition) is 6. The Bertz CT molecular complexity index is 1440. The molecule has 0 saturated heterocycles. The Morgan fingerprint density at radius 3 is 0.977 bits per heavy atom. The quantitative estimate of drug-likeness (QED) is 0.111. The lowest BCUT2D eigenvalue weighted by molar-refractivity contribution is -0.474. The maximum Gasteiger partial charge on any atom is 0.439 e. The van der Waals surface area contributed by atoms with E-state index in [0.717, 1.165) is 0 Å². The van der Waals surface area contributed by atoms with Crippen molar-refractivity contribution in [1.82, 2.24) is 0 Å². The molecule has 6 bridgehead atoms. The molecule has 6 aliphatic carbocycles. The summed E-state index contributed by atoms with van der Waals surface area (Å²) in [7, 11) is 0. The Balaban J connectivity index is 1.85. The number of carbonyl (C=O) groups excluding carboxylic acids is 3. The van der Waals surface area contributed by atoms with Crippen LogP contribution in [0.1, 0.15) is 33.4 Å². The lowest BCUT2D eigenvalue weighted by atomic mass is 9.42. The van der Waals surface area contributed by atoms with Crippen LogP contribution in [-0.2, 0) is 64.7 Å². The van der Waals surface area contributed by atoms with Crippen LogP contribution in [0.15, 0.2) is 72.8 Å². The van der Waals surface area contributed by atoms with E-state index in [1.54, 1.807) is 72.8 Å². The summed E-state index contributed by atoms with van der Waals surface area (Å²) in [5.74, 6) is -8.46. The van der Waals surface area contributed by atoms with Gasteiger partial charge in [-0.15, -0.1) is 0 Å². The molecule has 0 heterocycles. The molecule has 0 aromatic heterocycles. The Morgan fingerprint density at radius 2 is 0.795 bits per heavy atom. The van der Waals surface area contributed by atoms with Gasteiger partial charge in [-0.25, -0.2) is 0 Å². The molecule has 0 saturated carbocycles. The Hall–Kier alpha value is -3.00. The minimum absolute atomic E-state index is 0.185. The molecule has 0 spiro atoms. The highest BCUT2D eigenvalue weighted by molar-refractivity contribution is 7.81. The van der Waals surface area contributed by atoms with Crippen molar-refractivity contribution in [2.45, 2.75) is 42.0 Å². The molecule has 230 valence electrons. The number of esters is 3. The fraction of sp³-hybridized carbons (Fsp3) is 0.344. The highest BCUT2D eigenvalue weighted by atomic mass is 32.1. The summed E-state index contributed by atoms with van der Waals surface area (Å²) in [5, 5.41) is 40.2. The van der Waals surface area contributed by atoms with Crippen molar-refractivity contribution in [3.05, 3.63) is 106 Å². The Labute approximate surface area is 269 Å². The SMILES string of the molecule is O=C(CS)OC(OC(=O)CS)(OC(=O)CS)C(C1(O)Cc2ccc1cc2)(C1(O)Cc2ccc1cc2)C1(O)Cc2ccc1cc2. The van der Waals surface area contributed by atoms with Crippen molar-refractivity contribution in [3.8, 4) is 0 Å². The van der Waals surface area contributed by atoms with Crippen molar-refractivity contribution < 1.29 is 43.9 Å². The molecule has 3 aromatic rings. The van der Waals surface area contributed by atoms with E-state index in [4.69, 9.17) is 14.2 Å². The molecule has 3 aromatic carbocycles. The predicted octanol–water partition coefficient (Wildman–Crippen LogP) is 2.38. The number of hydrogen-bond acceptors (Lipinski definition) is 12. The van der Waals surface area contributed by atoms with Gasteiger partial charge in [-0.1, -0.05) is 72.8 Å². The molecular formula is C32H30O9S3. The minimum Gasteiger partial charge on any atom is -0.387 e. The van der Waals surface area contributed by atoms with E-state index >= 15 is 0 Å². The monoisotopic (exact) mass is 654 g/mol. The molecule has 44 heavy (non-hydrogen) atoms. The highest BCUT2D eigenvalue weighted by Gasteiger charge is 2.87. The number of fused-ring (bicyclic) bond motifs is 9. The fourth-order valence-electron chi connectivity index (χ4n) is 7.56. The van der Waals surface area contributed by atoms with Crippen molar-refractivity contribution in [1.29, 1.82) is 0 Å². The highest BCUT2D eigenvalue weighted by Crippen LogP contribution is 2.71. The first-order chi connectivity index (χ1) is 20.9. The van der Waals surface area contributed by atoms with Gasteiger partial charge in [-0.2, -0.15) is 37.9 Å². The second kappa shape index (κ2) is 10.8. The van der Waals surface area contributed by atoms with Crippen molar-refractivity contribution in [2.75, 3.05) is 17.3 Å². The number of benzene rings is 3. The first kappa shape index (κ1) is 31.0. The molecule has 3 N–H and O–H groups in total. The molecule has 9 nitrogen and oxygen atoms in total. The van der Waals surface area contributed by atoms with E-state index in [1.807, 2.05) is 0 Å². The molecule has 0 amide bonds. The smallest absolute Gasteiger partial charge is 0.387 e. The number of carbonyl (C=O) groups is 3. The minimum atomic E-state index is -3.31. The van der Waals surface area contributed by atoms with Gasteiger partial charge < -0.3 is 29.5 Å². The molecule has 12 heteroatoms. The van der Waals surface area contributed by atoms with Crippen molar-refractivity contribution in [2.24, 2.45) is 5.41 Å². The lowest BCUT2D eigenvalue weighted by Gasteiger charge is -2.67. The van der Waals surface area contributed by atoms with Crippen molar-refractivity contribution >= 4 is 55.8 Å². The maximum atomic E-state index is 13.4. The van der Waals surface area contributed by atoms with E-state index in [2.05, 4.69) is 37.9 Å². The van der Waals surface area contributed by atoms with E-state index < -0.39 is 63.4 Å². The third kappa shape index (κ3) is 4.11. The molecule has 0 aliphatic heterocycles. The van der Waals surface area contributed by atoms with Gasteiger partial charge in [0.1, 0.15) is 16.8 Å². The van der Waals surface area contributed by atoms with Crippen LogP contribution < -0.4 is 0 Å². The zero-order valence-electron chi connectivity index (χ0n) is 23.3. The number of aliphatic hydroxyl groups is 3. The summed E-state index contributed by atoms with van der Waals surface area (Å²) in [4.78, 5) is 40.1. The van der Waals surface area contributed by atoms with Gasteiger partial charge in [-0.3, -0.25) is 14.4 Å². The third-order valence-electron chi connectivity index (χ3n) is 9.13. The molecule has 3 atom stereocenters. The molecule has 9 rings (SSSR count). The lowest BCUT2D eigenvalue weighted by Crippen LogP contribution is -2.82. The van der Waals surface area contributed by atoms with Gasteiger partial charge in [-0.05, 0) is 33.4 Å². The first-order valence-electron chi connectivity index (χ1n) is 13.9. The summed E-state index contributed by atoms with van der Waals surface area (Å²) in [6, 6.07) is 20.1. The van der Waals surface area contributed by atoms with Crippen LogP contribution in [0.2, 0.25) is 0 Å². The van der Waals surface area contributed by atoms with Crippen LogP contribution in [0.3, 0.4) is 0 Å². The Kier molecular flexibility index (Phi) is 7.62. The average Bonchev–Trinajstić information content (AvgIpc) is 3.02. The number of ether oxygens (including phenoxy) is 3. The zero-order chi connectivity index (χ0) is 31.5. The van der Waals surface area contributed by atoms with E-state index in [-0.39, 0.29) is 36.0 Å². The molecule has 0 radical (unpaired) electrons.